The number of nitrogens with one attached hydrogen (secondary N) is 1. The maximum atomic E-state index is 12.5. The van der Waals surface area contributed by atoms with Crippen LogP contribution in [0.25, 0.3) is 0 Å². The molecule has 19 heavy (non-hydrogen) atoms. The topological polar surface area (TPSA) is 98.2 Å². The molecule has 8 heteroatoms. The van der Waals surface area contributed by atoms with Crippen molar-refractivity contribution >= 4 is 17.5 Å². The van der Waals surface area contributed by atoms with Crippen molar-refractivity contribution in [3.8, 4) is 0 Å². The molecule has 0 heterocycles. The van der Waals surface area contributed by atoms with Gasteiger partial charge in [0.25, 0.3) is 5.91 Å². The molecule has 0 radical (unpaired) electrons. The first kappa shape index (κ1) is 15.0. The van der Waals surface area contributed by atoms with Crippen LogP contribution in [0.1, 0.15) is 17.3 Å². The zero-order chi connectivity index (χ0) is 14.8. The molecule has 1 aromatic carbocycles. The van der Waals surface area contributed by atoms with E-state index in [0.717, 1.165) is 6.07 Å². The summed E-state index contributed by atoms with van der Waals surface area (Å²) in [4.78, 5) is 22.4. The molecule has 0 spiro atoms. The largest absolute Gasteiger partial charge is 0.415 e. The van der Waals surface area contributed by atoms with Crippen molar-refractivity contribution in [2.45, 2.75) is 18.6 Å². The van der Waals surface area contributed by atoms with Gasteiger partial charge in [-0.15, -0.1) is 0 Å². The Labute approximate surface area is 106 Å². The molecule has 0 saturated heterocycles. The molecule has 0 saturated carbocycles. The van der Waals surface area contributed by atoms with Crippen LogP contribution in [0.4, 0.5) is 18.9 Å². The van der Waals surface area contributed by atoms with E-state index in [4.69, 9.17) is 11.5 Å². The maximum Gasteiger partial charge on any atom is 0.415 e. The lowest BCUT2D eigenvalue weighted by molar-refractivity contribution is -0.184. The number of anilines is 1. The molecule has 1 aromatic rings. The first-order chi connectivity index (χ1) is 8.55. The van der Waals surface area contributed by atoms with Gasteiger partial charge in [0.2, 0.25) is 5.91 Å². The second-order valence-electron chi connectivity index (χ2n) is 4.10. The minimum absolute atomic E-state index is 0.00206. The molecule has 0 aromatic heterocycles. The fourth-order valence-electron chi connectivity index (χ4n) is 1.14. The van der Waals surface area contributed by atoms with Crippen LogP contribution in [0.15, 0.2) is 24.3 Å². The zero-order valence-corrected chi connectivity index (χ0v) is 9.91. The van der Waals surface area contributed by atoms with Gasteiger partial charge < -0.3 is 16.8 Å². The number of hydrogen-bond acceptors (Lipinski definition) is 3. The SMILES string of the molecule is CC(N)(C(=O)Nc1cccc(C(N)=O)c1)C(F)(F)F. The predicted octanol–water partition coefficient (Wildman–Crippen LogP) is 1.00. The summed E-state index contributed by atoms with van der Waals surface area (Å²) >= 11 is 0. The summed E-state index contributed by atoms with van der Waals surface area (Å²) in [5, 5.41) is 1.99. The molecular formula is C11H12F3N3O2. The third kappa shape index (κ3) is 3.22. The number of primary amides is 1. The fourth-order valence-corrected chi connectivity index (χ4v) is 1.14. The lowest BCUT2D eigenvalue weighted by Crippen LogP contribution is -2.59. The van der Waals surface area contributed by atoms with Crippen molar-refractivity contribution in [3.05, 3.63) is 29.8 Å². The standard InChI is InChI=1S/C11H12F3N3O2/c1-10(16,11(12,13)14)9(19)17-7-4-2-3-6(5-7)8(15)18/h2-5H,16H2,1H3,(H2,15,18)(H,17,19). The number of nitrogens with two attached hydrogens (primary N) is 2. The Bertz CT molecular complexity index is 512. The van der Waals surface area contributed by atoms with E-state index in [1.165, 1.54) is 18.2 Å². The summed E-state index contributed by atoms with van der Waals surface area (Å²) < 4.78 is 37.6. The quantitative estimate of drug-likeness (QED) is 0.767. The third-order valence-corrected chi connectivity index (χ3v) is 2.47. The molecule has 5 nitrogen and oxygen atoms in total. The van der Waals surface area contributed by atoms with E-state index in [2.05, 4.69) is 0 Å². The van der Waals surface area contributed by atoms with E-state index in [1.54, 1.807) is 0 Å². The van der Waals surface area contributed by atoms with Crippen LogP contribution in [0.5, 0.6) is 0 Å². The summed E-state index contributed by atoms with van der Waals surface area (Å²) in [6, 6.07) is 5.21. The molecule has 5 N–H and O–H groups in total. The van der Waals surface area contributed by atoms with Gasteiger partial charge in [-0.2, -0.15) is 13.2 Å². The number of rotatable bonds is 3. The lowest BCUT2D eigenvalue weighted by Gasteiger charge is -2.26. The van der Waals surface area contributed by atoms with Crippen LogP contribution in [0, 0.1) is 0 Å². The highest BCUT2D eigenvalue weighted by molar-refractivity contribution is 6.00. The van der Waals surface area contributed by atoms with Gasteiger partial charge in [-0.1, -0.05) is 6.07 Å². The van der Waals surface area contributed by atoms with Gasteiger partial charge >= 0.3 is 6.18 Å². The van der Waals surface area contributed by atoms with Crippen LogP contribution >= 0.6 is 0 Å². The number of amides is 2. The molecular weight excluding hydrogens is 263 g/mol. The number of benzene rings is 1. The van der Waals surface area contributed by atoms with Crippen LogP contribution in [0.3, 0.4) is 0 Å². The Morgan fingerprint density at radius 2 is 1.84 bits per heavy atom. The van der Waals surface area contributed by atoms with E-state index < -0.39 is 23.5 Å². The van der Waals surface area contributed by atoms with E-state index in [0.29, 0.717) is 6.92 Å². The van der Waals surface area contributed by atoms with Crippen molar-refractivity contribution < 1.29 is 22.8 Å². The van der Waals surface area contributed by atoms with Crippen LogP contribution in [-0.2, 0) is 4.79 Å². The number of carbonyl (C=O) groups is 2. The Hall–Kier alpha value is -2.09. The third-order valence-electron chi connectivity index (χ3n) is 2.47. The molecule has 104 valence electrons. The normalized spacial score (nSPS) is 14.6. The second kappa shape index (κ2) is 4.88. The van der Waals surface area contributed by atoms with Crippen LogP contribution in [-0.4, -0.2) is 23.5 Å². The highest BCUT2D eigenvalue weighted by Crippen LogP contribution is 2.29. The lowest BCUT2D eigenvalue weighted by atomic mass is 10.0. The summed E-state index contributed by atoms with van der Waals surface area (Å²) in [7, 11) is 0. The zero-order valence-electron chi connectivity index (χ0n) is 9.91. The molecule has 0 aliphatic rings. The molecule has 1 unspecified atom stereocenters. The molecule has 1 rings (SSSR count). The maximum absolute atomic E-state index is 12.5. The minimum atomic E-state index is -4.89. The summed E-state index contributed by atoms with van der Waals surface area (Å²) in [5.41, 5.74) is 7.00. The second-order valence-corrected chi connectivity index (χ2v) is 4.10. The van der Waals surface area contributed by atoms with Gasteiger partial charge in [-0.05, 0) is 25.1 Å². The molecule has 1 atom stereocenters. The predicted molar refractivity (Wildman–Crippen MR) is 62.2 cm³/mol. The average molecular weight is 275 g/mol. The van der Waals surface area contributed by atoms with Gasteiger partial charge in [-0.25, -0.2) is 0 Å². The number of halogens is 3. The van der Waals surface area contributed by atoms with Crippen LogP contribution < -0.4 is 16.8 Å². The number of hydrogen-bond donors (Lipinski definition) is 3. The Morgan fingerprint density at radius 1 is 1.26 bits per heavy atom. The Kier molecular flexibility index (Phi) is 3.85. The monoisotopic (exact) mass is 275 g/mol. The van der Waals surface area contributed by atoms with Crippen molar-refractivity contribution in [2.75, 3.05) is 5.32 Å². The van der Waals surface area contributed by atoms with Crippen LogP contribution in [0.2, 0.25) is 0 Å². The van der Waals surface area contributed by atoms with Gasteiger partial charge in [0.15, 0.2) is 5.54 Å². The van der Waals surface area contributed by atoms with E-state index >= 15 is 0 Å². The molecule has 0 aliphatic carbocycles. The molecule has 0 bridgehead atoms. The summed E-state index contributed by atoms with van der Waals surface area (Å²) in [5.74, 6) is -2.19. The number of carbonyl (C=O) groups excluding carboxylic acids is 2. The van der Waals surface area contributed by atoms with Gasteiger partial charge in [-0.3, -0.25) is 9.59 Å². The van der Waals surface area contributed by atoms with Gasteiger partial charge in [0.1, 0.15) is 0 Å². The fraction of sp³-hybridized carbons (Fsp3) is 0.273. The Balaban J connectivity index is 2.95. The van der Waals surface area contributed by atoms with Crippen molar-refractivity contribution in [1.29, 1.82) is 0 Å². The first-order valence-corrected chi connectivity index (χ1v) is 5.12. The van der Waals surface area contributed by atoms with E-state index in [1.807, 2.05) is 5.32 Å². The summed E-state index contributed by atoms with van der Waals surface area (Å²) in [6.07, 6.45) is -4.89. The molecule has 2 amide bonds. The van der Waals surface area contributed by atoms with Crippen molar-refractivity contribution in [1.82, 2.24) is 0 Å². The highest BCUT2D eigenvalue weighted by atomic mass is 19.4. The van der Waals surface area contributed by atoms with Gasteiger partial charge in [0.05, 0.1) is 0 Å². The van der Waals surface area contributed by atoms with E-state index in [-0.39, 0.29) is 11.3 Å². The number of alkyl halides is 3. The first-order valence-electron chi connectivity index (χ1n) is 5.12. The van der Waals surface area contributed by atoms with E-state index in [9.17, 15) is 22.8 Å². The summed E-state index contributed by atoms with van der Waals surface area (Å²) in [6.45, 7) is 0.556. The Morgan fingerprint density at radius 3 is 2.32 bits per heavy atom. The van der Waals surface area contributed by atoms with Gasteiger partial charge in [0, 0.05) is 11.3 Å². The smallest absolute Gasteiger partial charge is 0.366 e. The van der Waals surface area contributed by atoms with Crippen molar-refractivity contribution in [2.24, 2.45) is 11.5 Å². The molecule has 0 fully saturated rings. The molecule has 0 aliphatic heterocycles. The van der Waals surface area contributed by atoms with Crippen molar-refractivity contribution in [3.63, 3.8) is 0 Å². The highest BCUT2D eigenvalue weighted by Gasteiger charge is 2.53. The average Bonchev–Trinajstić information content (AvgIpc) is 2.27. The minimum Gasteiger partial charge on any atom is -0.366 e.